The molecule has 33 valence electrons. The summed E-state index contributed by atoms with van der Waals surface area (Å²) >= 11 is -1.45. The van der Waals surface area contributed by atoms with Crippen molar-refractivity contribution in [1.82, 2.24) is 0 Å². The van der Waals surface area contributed by atoms with Crippen LogP contribution in [0.4, 0.5) is 0 Å². The van der Waals surface area contributed by atoms with Crippen LogP contribution in [-0.4, -0.2) is 4.09 Å². The Balaban J connectivity index is 3.23. The van der Waals surface area contributed by atoms with E-state index in [0.717, 1.165) is 0 Å². The SMILES string of the molecule is CC[C](=O)[Ti]=[O]. The van der Waals surface area contributed by atoms with Gasteiger partial charge in [-0.05, 0) is 0 Å². The summed E-state index contributed by atoms with van der Waals surface area (Å²) in [5, 5.41) is 0. The molecule has 0 N–H and O–H groups in total. The molecule has 0 saturated carbocycles. The van der Waals surface area contributed by atoms with Gasteiger partial charge in [0.15, 0.2) is 0 Å². The van der Waals surface area contributed by atoms with E-state index in [1.807, 2.05) is 0 Å². The van der Waals surface area contributed by atoms with Crippen molar-refractivity contribution >= 4 is 4.09 Å². The van der Waals surface area contributed by atoms with Crippen LogP contribution in [0.2, 0.25) is 0 Å². The Bertz CT molecular complexity index is 69.2. The van der Waals surface area contributed by atoms with Crippen molar-refractivity contribution in [2.75, 3.05) is 0 Å². The van der Waals surface area contributed by atoms with Crippen molar-refractivity contribution < 1.29 is 27.2 Å². The molecule has 0 bridgehead atoms. The molecule has 0 aromatic rings. The van der Waals surface area contributed by atoms with Crippen LogP contribution in [-0.2, 0) is 27.2 Å². The molecule has 0 aliphatic rings. The molecule has 0 heterocycles. The minimum atomic E-state index is -1.45. The predicted octanol–water partition coefficient (Wildman–Crippen LogP) is 0.351. The molecule has 6 heavy (non-hydrogen) atoms. The third-order valence-corrected chi connectivity index (χ3v) is 1.34. The van der Waals surface area contributed by atoms with Crippen LogP contribution in [0.1, 0.15) is 13.3 Å². The molecule has 0 unspecified atom stereocenters. The summed E-state index contributed by atoms with van der Waals surface area (Å²) in [5.74, 6) is 0. The van der Waals surface area contributed by atoms with Crippen LogP contribution >= 0.6 is 0 Å². The normalized spacial score (nSPS) is 6.83. The summed E-state index contributed by atoms with van der Waals surface area (Å²) in [6, 6.07) is 0. The number of rotatable bonds is 2. The molecule has 0 aliphatic carbocycles. The van der Waals surface area contributed by atoms with Crippen molar-refractivity contribution in [2.45, 2.75) is 13.3 Å². The van der Waals surface area contributed by atoms with Gasteiger partial charge in [0.2, 0.25) is 0 Å². The molecule has 0 saturated heterocycles. The first-order valence-corrected chi connectivity index (χ1v) is 3.14. The van der Waals surface area contributed by atoms with Crippen LogP contribution in [0, 0.1) is 0 Å². The Labute approximate surface area is 45.2 Å². The summed E-state index contributed by atoms with van der Waals surface area (Å²) in [6.45, 7) is 1.71. The quantitative estimate of drug-likeness (QED) is 0.494. The average Bonchev–Trinajstić information content (AvgIpc) is 1.65. The maximum atomic E-state index is 9.92. The first kappa shape index (κ1) is 6.18. The Morgan fingerprint density at radius 3 is 2.33 bits per heavy atom. The number of hydrogen-bond acceptors (Lipinski definition) is 2. The van der Waals surface area contributed by atoms with Crippen molar-refractivity contribution in [3.8, 4) is 0 Å². The molecule has 0 aliphatic heterocycles. The Morgan fingerprint density at radius 2 is 2.33 bits per heavy atom. The number of carbonyl (C=O) groups excluding carboxylic acids is 1. The average molecular weight is 121 g/mol. The van der Waals surface area contributed by atoms with Gasteiger partial charge in [0.25, 0.3) is 0 Å². The fourth-order valence-corrected chi connectivity index (χ4v) is 0.298. The van der Waals surface area contributed by atoms with Crippen molar-refractivity contribution in [3.63, 3.8) is 0 Å². The molecule has 0 radical (unpaired) electrons. The monoisotopic (exact) mass is 121 g/mol. The van der Waals surface area contributed by atoms with Gasteiger partial charge < -0.3 is 0 Å². The number of hydrogen-bond donors (Lipinski definition) is 0. The molecular weight excluding hydrogens is 116 g/mol. The van der Waals surface area contributed by atoms with Crippen LogP contribution in [0.15, 0.2) is 0 Å². The van der Waals surface area contributed by atoms with E-state index in [2.05, 4.69) is 0 Å². The van der Waals surface area contributed by atoms with E-state index in [1.54, 1.807) is 6.92 Å². The topological polar surface area (TPSA) is 34.1 Å². The molecule has 0 aromatic heterocycles. The second-order valence-electron chi connectivity index (χ2n) is 0.879. The second-order valence-corrected chi connectivity index (χ2v) is 2.07. The Hall–Kier alpha value is 0.184. The zero-order valence-electron chi connectivity index (χ0n) is 3.52. The second kappa shape index (κ2) is 3.38. The van der Waals surface area contributed by atoms with Gasteiger partial charge in [-0.2, -0.15) is 0 Å². The number of carbonyl (C=O) groups is 1. The predicted molar refractivity (Wildman–Crippen MR) is 16.0 cm³/mol. The zero-order chi connectivity index (χ0) is 4.99. The van der Waals surface area contributed by atoms with Crippen LogP contribution < -0.4 is 0 Å². The van der Waals surface area contributed by atoms with E-state index in [0.29, 0.717) is 6.42 Å². The van der Waals surface area contributed by atoms with Crippen LogP contribution in [0.5, 0.6) is 0 Å². The summed E-state index contributed by atoms with van der Waals surface area (Å²) in [4.78, 5) is 9.92. The third kappa shape index (κ3) is 2.42. The first-order valence-electron chi connectivity index (χ1n) is 1.72. The molecular formula is C3H5O2Ti. The molecule has 2 nitrogen and oxygen atoms in total. The summed E-state index contributed by atoms with van der Waals surface area (Å²) in [5.41, 5.74) is 0. The molecule has 0 fully saturated rings. The standard InChI is InChI=1S/C3H5O.O.Ti/c1-2-3-4;;/h2H2,1H3;;. The van der Waals surface area contributed by atoms with Crippen LogP contribution in [0.25, 0.3) is 0 Å². The van der Waals surface area contributed by atoms with Gasteiger partial charge in [-0.15, -0.1) is 0 Å². The van der Waals surface area contributed by atoms with Crippen LogP contribution in [0.3, 0.4) is 0 Å². The van der Waals surface area contributed by atoms with E-state index in [4.69, 9.17) is 0 Å². The molecule has 0 spiro atoms. The first-order chi connectivity index (χ1) is 2.81. The summed E-state index contributed by atoms with van der Waals surface area (Å²) in [6.07, 6.45) is 0.434. The van der Waals surface area contributed by atoms with Gasteiger partial charge in [-0.1, -0.05) is 0 Å². The van der Waals surface area contributed by atoms with E-state index in [-0.39, 0.29) is 4.09 Å². The van der Waals surface area contributed by atoms with Gasteiger partial charge in [0, 0.05) is 0 Å². The molecule has 3 heteroatoms. The fraction of sp³-hybridized carbons (Fsp3) is 0.667. The summed E-state index contributed by atoms with van der Waals surface area (Å²) < 4.78 is 9.55. The molecule has 0 atom stereocenters. The van der Waals surface area contributed by atoms with Gasteiger partial charge in [-0.25, -0.2) is 0 Å². The molecule has 0 rings (SSSR count). The van der Waals surface area contributed by atoms with Gasteiger partial charge in [0.1, 0.15) is 0 Å². The fourth-order valence-electron chi connectivity index (χ4n) is 0.0722. The third-order valence-electron chi connectivity index (χ3n) is 0.435. The molecule has 0 aromatic carbocycles. The van der Waals surface area contributed by atoms with Gasteiger partial charge in [0.05, 0.1) is 0 Å². The van der Waals surface area contributed by atoms with E-state index >= 15 is 0 Å². The molecule has 0 amide bonds. The maximum absolute atomic E-state index is 9.92. The van der Waals surface area contributed by atoms with E-state index < -0.39 is 19.1 Å². The van der Waals surface area contributed by atoms with Gasteiger partial charge >= 0.3 is 44.7 Å². The van der Waals surface area contributed by atoms with Crippen molar-refractivity contribution in [3.05, 3.63) is 0 Å². The Kier molecular flexibility index (Phi) is 3.48. The van der Waals surface area contributed by atoms with Gasteiger partial charge in [-0.3, -0.25) is 0 Å². The summed E-state index contributed by atoms with van der Waals surface area (Å²) in [7, 11) is 0. The van der Waals surface area contributed by atoms with Crippen molar-refractivity contribution in [2.24, 2.45) is 0 Å². The Morgan fingerprint density at radius 1 is 1.83 bits per heavy atom. The van der Waals surface area contributed by atoms with E-state index in [1.165, 1.54) is 0 Å². The zero-order valence-corrected chi connectivity index (χ0v) is 5.09. The van der Waals surface area contributed by atoms with Crippen molar-refractivity contribution in [1.29, 1.82) is 0 Å². The van der Waals surface area contributed by atoms with E-state index in [9.17, 15) is 8.12 Å². The minimum absolute atomic E-state index is 0.0880.